The molecule has 1 aromatic heterocycles. The molecule has 1 saturated heterocycles. The van der Waals surface area contributed by atoms with Crippen molar-refractivity contribution in [3.63, 3.8) is 0 Å². The summed E-state index contributed by atoms with van der Waals surface area (Å²) in [5.41, 5.74) is 1.12. The van der Waals surface area contributed by atoms with Gasteiger partial charge in [0, 0.05) is 38.7 Å². The van der Waals surface area contributed by atoms with Crippen LogP contribution in [0.15, 0.2) is 6.33 Å². The molecule has 0 saturated carbocycles. The number of nitrogens with zero attached hydrogens (tertiary/aromatic N) is 3. The molecule has 1 aliphatic rings. The summed E-state index contributed by atoms with van der Waals surface area (Å²) in [6, 6.07) is 0. The smallest absolute Gasteiger partial charge is 0.137 e. The molecule has 94 valence electrons. The third kappa shape index (κ3) is 2.49. The highest BCUT2D eigenvalue weighted by Gasteiger charge is 2.25. The summed E-state index contributed by atoms with van der Waals surface area (Å²) in [6.07, 6.45) is 2.80. The van der Waals surface area contributed by atoms with Crippen molar-refractivity contribution in [2.75, 3.05) is 44.1 Å². The second-order valence-electron chi connectivity index (χ2n) is 4.48. The van der Waals surface area contributed by atoms with Gasteiger partial charge in [0.05, 0.1) is 6.61 Å². The fraction of sp³-hybridized carbons (Fsp3) is 0.667. The quantitative estimate of drug-likeness (QED) is 0.854. The molecule has 17 heavy (non-hydrogen) atoms. The lowest BCUT2D eigenvalue weighted by atomic mass is 10.1. The van der Waals surface area contributed by atoms with Crippen molar-refractivity contribution >= 4 is 11.6 Å². The Morgan fingerprint density at radius 3 is 3.06 bits per heavy atom. The van der Waals surface area contributed by atoms with Crippen molar-refractivity contribution in [3.8, 4) is 0 Å². The van der Waals surface area contributed by atoms with E-state index < -0.39 is 0 Å². The molecule has 0 amide bonds. The molecule has 1 unspecified atom stereocenters. The highest BCUT2D eigenvalue weighted by Crippen LogP contribution is 2.27. The van der Waals surface area contributed by atoms with Crippen LogP contribution in [-0.4, -0.2) is 43.8 Å². The second-order valence-corrected chi connectivity index (χ2v) is 4.48. The first kappa shape index (κ1) is 12.1. The molecule has 1 fully saturated rings. The van der Waals surface area contributed by atoms with E-state index in [0.29, 0.717) is 5.92 Å². The third-order valence-electron chi connectivity index (χ3n) is 3.28. The van der Waals surface area contributed by atoms with Gasteiger partial charge in [0.1, 0.15) is 18.0 Å². The second kappa shape index (κ2) is 5.31. The summed E-state index contributed by atoms with van der Waals surface area (Å²) in [5.74, 6) is 2.57. The first-order valence-corrected chi connectivity index (χ1v) is 5.99. The number of methoxy groups -OCH3 is 1. The monoisotopic (exact) mass is 236 g/mol. The average Bonchev–Trinajstić information content (AvgIpc) is 2.78. The van der Waals surface area contributed by atoms with Crippen molar-refractivity contribution in [1.82, 2.24) is 9.97 Å². The minimum absolute atomic E-state index is 0.618. The van der Waals surface area contributed by atoms with E-state index in [0.717, 1.165) is 36.9 Å². The van der Waals surface area contributed by atoms with Gasteiger partial charge >= 0.3 is 0 Å². The van der Waals surface area contributed by atoms with Crippen LogP contribution in [0, 0.1) is 12.8 Å². The molecule has 2 heterocycles. The lowest BCUT2D eigenvalue weighted by Gasteiger charge is -2.20. The van der Waals surface area contributed by atoms with E-state index >= 15 is 0 Å². The molecule has 0 spiro atoms. The van der Waals surface area contributed by atoms with Gasteiger partial charge in [0.15, 0.2) is 0 Å². The summed E-state index contributed by atoms with van der Waals surface area (Å²) in [4.78, 5) is 10.9. The Balaban J connectivity index is 2.13. The first-order valence-electron chi connectivity index (χ1n) is 5.99. The number of ether oxygens (including phenoxy) is 1. The fourth-order valence-corrected chi connectivity index (χ4v) is 2.41. The lowest BCUT2D eigenvalue weighted by molar-refractivity contribution is 0.161. The molecular formula is C12H20N4O. The summed E-state index contributed by atoms with van der Waals surface area (Å²) >= 11 is 0. The molecule has 5 heteroatoms. The van der Waals surface area contributed by atoms with E-state index in [1.165, 1.54) is 6.42 Å². The number of rotatable bonds is 4. The van der Waals surface area contributed by atoms with E-state index in [4.69, 9.17) is 4.74 Å². The number of aromatic nitrogens is 2. The van der Waals surface area contributed by atoms with Gasteiger partial charge in [-0.1, -0.05) is 0 Å². The maximum atomic E-state index is 5.21. The first-order chi connectivity index (χ1) is 8.26. The van der Waals surface area contributed by atoms with Gasteiger partial charge in [-0.25, -0.2) is 9.97 Å². The summed E-state index contributed by atoms with van der Waals surface area (Å²) in [7, 11) is 3.65. The van der Waals surface area contributed by atoms with Crippen LogP contribution in [0.25, 0.3) is 0 Å². The van der Waals surface area contributed by atoms with Gasteiger partial charge in [-0.3, -0.25) is 0 Å². The largest absolute Gasteiger partial charge is 0.384 e. The highest BCUT2D eigenvalue weighted by atomic mass is 16.5. The van der Waals surface area contributed by atoms with Gasteiger partial charge in [-0.05, 0) is 13.3 Å². The van der Waals surface area contributed by atoms with Crippen LogP contribution in [0.4, 0.5) is 11.6 Å². The number of anilines is 2. The van der Waals surface area contributed by atoms with Crippen LogP contribution in [0.5, 0.6) is 0 Å². The van der Waals surface area contributed by atoms with Crippen molar-refractivity contribution in [3.05, 3.63) is 11.9 Å². The lowest BCUT2D eigenvalue weighted by Crippen LogP contribution is -2.23. The zero-order valence-corrected chi connectivity index (χ0v) is 10.7. The predicted octanol–water partition coefficient (Wildman–Crippen LogP) is 1.30. The normalized spacial score (nSPS) is 19.7. The SMILES string of the molecule is CNc1ncnc(N2CCC(COC)C2)c1C. The standard InChI is InChI=1S/C12H20N4O/c1-9-11(13-2)14-8-15-12(9)16-5-4-10(6-16)7-17-3/h8,10H,4-7H2,1-3H3,(H,13,14,15). The van der Waals surface area contributed by atoms with E-state index in [2.05, 4.69) is 27.1 Å². The van der Waals surface area contributed by atoms with Crippen molar-refractivity contribution in [1.29, 1.82) is 0 Å². The molecule has 1 aliphatic heterocycles. The molecule has 0 aromatic carbocycles. The Labute approximate surface area is 102 Å². The van der Waals surface area contributed by atoms with Crippen LogP contribution in [0.2, 0.25) is 0 Å². The zero-order valence-electron chi connectivity index (χ0n) is 10.7. The molecule has 0 bridgehead atoms. The summed E-state index contributed by atoms with van der Waals surface area (Å²) < 4.78 is 5.21. The maximum Gasteiger partial charge on any atom is 0.137 e. The molecule has 5 nitrogen and oxygen atoms in total. The van der Waals surface area contributed by atoms with Crippen molar-refractivity contribution in [2.24, 2.45) is 5.92 Å². The molecule has 1 N–H and O–H groups in total. The molecule has 0 aliphatic carbocycles. The van der Waals surface area contributed by atoms with Crippen molar-refractivity contribution in [2.45, 2.75) is 13.3 Å². The minimum atomic E-state index is 0.618. The average molecular weight is 236 g/mol. The van der Waals surface area contributed by atoms with Gasteiger partial charge in [-0.15, -0.1) is 0 Å². The number of hydrogen-bond acceptors (Lipinski definition) is 5. The zero-order chi connectivity index (χ0) is 12.3. The molecule has 1 aromatic rings. The van der Waals surface area contributed by atoms with Gasteiger partial charge in [0.25, 0.3) is 0 Å². The Morgan fingerprint density at radius 2 is 2.35 bits per heavy atom. The Kier molecular flexibility index (Phi) is 3.78. The van der Waals surface area contributed by atoms with Crippen molar-refractivity contribution < 1.29 is 4.74 Å². The van der Waals surface area contributed by atoms with E-state index in [1.807, 2.05) is 7.05 Å². The molecule has 0 radical (unpaired) electrons. The maximum absolute atomic E-state index is 5.21. The summed E-state index contributed by atoms with van der Waals surface area (Å²) in [6.45, 7) is 4.97. The van der Waals surface area contributed by atoms with Crippen LogP contribution in [0.3, 0.4) is 0 Å². The molecular weight excluding hydrogens is 216 g/mol. The van der Waals surface area contributed by atoms with Gasteiger partial charge in [-0.2, -0.15) is 0 Å². The Morgan fingerprint density at radius 1 is 1.53 bits per heavy atom. The molecule has 1 atom stereocenters. The fourth-order valence-electron chi connectivity index (χ4n) is 2.41. The predicted molar refractivity (Wildman–Crippen MR) is 68.5 cm³/mol. The number of nitrogens with one attached hydrogen (secondary N) is 1. The Bertz CT molecular complexity index is 383. The van der Waals surface area contributed by atoms with Crippen LogP contribution in [0.1, 0.15) is 12.0 Å². The molecule has 2 rings (SSSR count). The van der Waals surface area contributed by atoms with Crippen LogP contribution in [-0.2, 0) is 4.74 Å². The Hall–Kier alpha value is -1.36. The highest BCUT2D eigenvalue weighted by molar-refractivity contribution is 5.58. The van der Waals surface area contributed by atoms with E-state index in [9.17, 15) is 0 Å². The van der Waals surface area contributed by atoms with E-state index in [1.54, 1.807) is 13.4 Å². The summed E-state index contributed by atoms with van der Waals surface area (Å²) in [5, 5.41) is 3.09. The van der Waals surface area contributed by atoms with Crippen LogP contribution >= 0.6 is 0 Å². The topological polar surface area (TPSA) is 50.3 Å². The minimum Gasteiger partial charge on any atom is -0.384 e. The van der Waals surface area contributed by atoms with Gasteiger partial charge in [0.2, 0.25) is 0 Å². The van der Waals surface area contributed by atoms with Crippen LogP contribution < -0.4 is 10.2 Å². The van der Waals surface area contributed by atoms with E-state index in [-0.39, 0.29) is 0 Å². The third-order valence-corrected chi connectivity index (χ3v) is 3.28. The number of hydrogen-bond donors (Lipinski definition) is 1. The van der Waals surface area contributed by atoms with Gasteiger partial charge < -0.3 is 15.0 Å².